The first-order chi connectivity index (χ1) is 13.4. The largest absolute Gasteiger partial charge is 0.496 e. The van der Waals surface area contributed by atoms with Crippen molar-refractivity contribution in [1.29, 1.82) is 0 Å². The van der Waals surface area contributed by atoms with Crippen LogP contribution in [0.25, 0.3) is 0 Å². The monoisotopic (exact) mass is 383 g/mol. The van der Waals surface area contributed by atoms with Crippen LogP contribution in [0.15, 0.2) is 48.5 Å². The van der Waals surface area contributed by atoms with Crippen LogP contribution in [-0.2, 0) is 4.79 Å². The molecule has 6 heteroatoms. The summed E-state index contributed by atoms with van der Waals surface area (Å²) < 4.78 is 5.25. The van der Waals surface area contributed by atoms with E-state index in [9.17, 15) is 9.59 Å². The van der Waals surface area contributed by atoms with E-state index in [0.717, 1.165) is 11.3 Å². The first kappa shape index (κ1) is 21.3. The van der Waals surface area contributed by atoms with Gasteiger partial charge in [0.1, 0.15) is 11.8 Å². The van der Waals surface area contributed by atoms with Crippen LogP contribution < -0.4 is 20.5 Å². The third kappa shape index (κ3) is 5.25. The van der Waals surface area contributed by atoms with E-state index in [1.165, 1.54) is 7.11 Å². The lowest BCUT2D eigenvalue weighted by Gasteiger charge is -2.28. The number of nitrogens with one attached hydrogen (secondary N) is 2. The van der Waals surface area contributed by atoms with Gasteiger partial charge in [-0.3, -0.25) is 20.0 Å². The highest BCUT2D eigenvalue weighted by atomic mass is 16.5. The fourth-order valence-corrected chi connectivity index (χ4v) is 2.84. The van der Waals surface area contributed by atoms with Crippen LogP contribution in [0.1, 0.15) is 36.7 Å². The smallest absolute Gasteiger partial charge is 0.261 e. The SMILES string of the molecule is CCN(NC(=O)[C@@H](NC(=O)c1ccccc1OC)C(C)C)c1ccc(C)cc1. The second-order valence-corrected chi connectivity index (χ2v) is 6.95. The van der Waals surface area contributed by atoms with Crippen LogP contribution in [-0.4, -0.2) is 31.5 Å². The number of carbonyl (C=O) groups excluding carboxylic acids is 2. The molecule has 1 atom stereocenters. The minimum atomic E-state index is -0.683. The summed E-state index contributed by atoms with van der Waals surface area (Å²) in [6.45, 7) is 8.36. The quantitative estimate of drug-likeness (QED) is 0.686. The number of carbonyl (C=O) groups is 2. The first-order valence-corrected chi connectivity index (χ1v) is 9.46. The highest BCUT2D eigenvalue weighted by Gasteiger charge is 2.27. The maximum Gasteiger partial charge on any atom is 0.261 e. The summed E-state index contributed by atoms with van der Waals surface area (Å²) in [5.74, 6) is -0.224. The maximum atomic E-state index is 12.9. The van der Waals surface area contributed by atoms with Gasteiger partial charge in [-0.1, -0.05) is 43.7 Å². The van der Waals surface area contributed by atoms with Crippen LogP contribution in [0.4, 0.5) is 5.69 Å². The van der Waals surface area contributed by atoms with Crippen LogP contribution in [0.3, 0.4) is 0 Å². The van der Waals surface area contributed by atoms with E-state index < -0.39 is 6.04 Å². The predicted molar refractivity (Wildman–Crippen MR) is 111 cm³/mol. The Bertz CT molecular complexity index is 803. The Kier molecular flexibility index (Phi) is 7.44. The van der Waals surface area contributed by atoms with E-state index in [1.54, 1.807) is 29.3 Å². The van der Waals surface area contributed by atoms with Crippen LogP contribution >= 0.6 is 0 Å². The van der Waals surface area contributed by atoms with Crippen molar-refractivity contribution in [3.8, 4) is 5.75 Å². The minimum Gasteiger partial charge on any atom is -0.496 e. The van der Waals surface area contributed by atoms with Gasteiger partial charge in [0.2, 0.25) is 0 Å². The van der Waals surface area contributed by atoms with E-state index in [2.05, 4.69) is 10.7 Å². The van der Waals surface area contributed by atoms with E-state index in [-0.39, 0.29) is 17.7 Å². The van der Waals surface area contributed by atoms with Crippen molar-refractivity contribution in [2.75, 3.05) is 18.7 Å². The normalized spacial score (nSPS) is 11.6. The van der Waals surface area contributed by atoms with Crippen molar-refractivity contribution in [2.45, 2.75) is 33.7 Å². The third-order valence-corrected chi connectivity index (χ3v) is 4.49. The molecule has 0 bridgehead atoms. The first-order valence-electron chi connectivity index (χ1n) is 9.46. The number of methoxy groups -OCH3 is 1. The van der Waals surface area contributed by atoms with Gasteiger partial charge in [-0.15, -0.1) is 0 Å². The van der Waals surface area contributed by atoms with Crippen molar-refractivity contribution in [2.24, 2.45) is 5.92 Å². The Morgan fingerprint density at radius 3 is 2.29 bits per heavy atom. The fourth-order valence-electron chi connectivity index (χ4n) is 2.84. The number of anilines is 1. The van der Waals surface area contributed by atoms with Crippen LogP contribution in [0, 0.1) is 12.8 Å². The summed E-state index contributed by atoms with van der Waals surface area (Å²) in [6.07, 6.45) is 0. The summed E-state index contributed by atoms with van der Waals surface area (Å²) in [7, 11) is 1.51. The van der Waals surface area contributed by atoms with Crippen molar-refractivity contribution < 1.29 is 14.3 Å². The number of nitrogens with zero attached hydrogens (tertiary/aromatic N) is 1. The topological polar surface area (TPSA) is 70.7 Å². The molecule has 0 saturated heterocycles. The molecule has 0 fully saturated rings. The molecule has 150 valence electrons. The average molecular weight is 383 g/mol. The maximum absolute atomic E-state index is 12.9. The molecule has 6 nitrogen and oxygen atoms in total. The van der Waals surface area contributed by atoms with E-state index in [4.69, 9.17) is 4.74 Å². The molecule has 0 heterocycles. The molecule has 2 N–H and O–H groups in total. The molecule has 2 amide bonds. The standard InChI is InChI=1S/C22H29N3O3/c1-6-25(17-13-11-16(4)12-14-17)24-22(27)20(15(2)3)23-21(26)18-9-7-8-10-19(18)28-5/h7-15,20H,6H2,1-5H3,(H,23,26)(H,24,27)/t20-/m0/s1. The molecule has 0 spiro atoms. The predicted octanol–water partition coefficient (Wildman–Crippen LogP) is 3.32. The minimum absolute atomic E-state index is 0.0876. The number of ether oxygens (including phenoxy) is 1. The lowest BCUT2D eigenvalue weighted by Crippen LogP contribution is -2.54. The van der Waals surface area contributed by atoms with Crippen molar-refractivity contribution in [1.82, 2.24) is 10.7 Å². The van der Waals surface area contributed by atoms with Crippen LogP contribution in [0.5, 0.6) is 5.75 Å². The van der Waals surface area contributed by atoms with Crippen molar-refractivity contribution >= 4 is 17.5 Å². The summed E-state index contributed by atoms with van der Waals surface area (Å²) >= 11 is 0. The number of para-hydroxylation sites is 1. The van der Waals surface area contributed by atoms with E-state index in [0.29, 0.717) is 17.9 Å². The van der Waals surface area contributed by atoms with Crippen molar-refractivity contribution in [3.05, 3.63) is 59.7 Å². The van der Waals surface area contributed by atoms with Gasteiger partial charge < -0.3 is 10.1 Å². The molecule has 0 radical (unpaired) electrons. The summed E-state index contributed by atoms with van der Waals surface area (Å²) in [4.78, 5) is 25.6. The number of aryl methyl sites for hydroxylation is 1. The molecular formula is C22H29N3O3. The summed E-state index contributed by atoms with van der Waals surface area (Å²) in [5.41, 5.74) is 5.35. The van der Waals surface area contributed by atoms with Gasteiger partial charge in [-0.2, -0.15) is 0 Å². The number of hydrogen-bond donors (Lipinski definition) is 2. The molecule has 0 saturated carbocycles. The Morgan fingerprint density at radius 1 is 1.07 bits per heavy atom. The lowest BCUT2D eigenvalue weighted by molar-refractivity contribution is -0.124. The summed E-state index contributed by atoms with van der Waals surface area (Å²) in [5, 5.41) is 4.61. The summed E-state index contributed by atoms with van der Waals surface area (Å²) in [6, 6.07) is 14.2. The molecule has 0 aliphatic heterocycles. The van der Waals surface area contributed by atoms with Crippen LogP contribution in [0.2, 0.25) is 0 Å². The van der Waals surface area contributed by atoms with Gasteiger partial charge in [0, 0.05) is 6.54 Å². The number of amides is 2. The Morgan fingerprint density at radius 2 is 1.71 bits per heavy atom. The number of hydrogen-bond acceptors (Lipinski definition) is 4. The third-order valence-electron chi connectivity index (χ3n) is 4.49. The van der Waals surface area contributed by atoms with E-state index in [1.807, 2.05) is 52.0 Å². The lowest BCUT2D eigenvalue weighted by atomic mass is 10.0. The Labute approximate surface area is 166 Å². The number of rotatable bonds is 8. The number of hydrazine groups is 1. The zero-order chi connectivity index (χ0) is 20.7. The molecule has 0 aliphatic carbocycles. The van der Waals surface area contributed by atoms with Gasteiger partial charge >= 0.3 is 0 Å². The molecule has 2 aromatic carbocycles. The molecule has 2 rings (SSSR count). The molecule has 0 aliphatic rings. The number of benzene rings is 2. The Hall–Kier alpha value is -3.02. The zero-order valence-corrected chi connectivity index (χ0v) is 17.2. The molecule has 0 unspecified atom stereocenters. The molecule has 28 heavy (non-hydrogen) atoms. The van der Waals surface area contributed by atoms with Gasteiger partial charge in [0.25, 0.3) is 11.8 Å². The van der Waals surface area contributed by atoms with Crippen molar-refractivity contribution in [3.63, 3.8) is 0 Å². The highest BCUT2D eigenvalue weighted by Crippen LogP contribution is 2.18. The van der Waals surface area contributed by atoms with E-state index >= 15 is 0 Å². The zero-order valence-electron chi connectivity index (χ0n) is 17.2. The highest BCUT2D eigenvalue weighted by molar-refractivity contribution is 5.99. The molecule has 0 aromatic heterocycles. The fraction of sp³-hybridized carbons (Fsp3) is 0.364. The van der Waals surface area contributed by atoms with Gasteiger partial charge in [0.15, 0.2) is 0 Å². The second-order valence-electron chi connectivity index (χ2n) is 6.95. The Balaban J connectivity index is 2.14. The van der Waals surface area contributed by atoms with Gasteiger partial charge in [0.05, 0.1) is 18.4 Å². The van der Waals surface area contributed by atoms with Gasteiger partial charge in [-0.05, 0) is 44.0 Å². The molecule has 2 aromatic rings. The second kappa shape index (κ2) is 9.78. The molecular weight excluding hydrogens is 354 g/mol. The van der Waals surface area contributed by atoms with Gasteiger partial charge in [-0.25, -0.2) is 0 Å². The average Bonchev–Trinajstić information content (AvgIpc) is 2.70.